The Hall–Kier alpha value is -2.64. The minimum absolute atomic E-state index is 0.107. The van der Waals surface area contributed by atoms with Gasteiger partial charge in [0.25, 0.3) is 5.88 Å². The number of methoxy groups -OCH3 is 1. The molecule has 0 bridgehead atoms. The number of hydrogen-bond donors (Lipinski definition) is 0. The van der Waals surface area contributed by atoms with E-state index in [1.165, 1.54) is 5.56 Å². The lowest BCUT2D eigenvalue weighted by atomic mass is 10.1. The molecule has 0 aliphatic carbocycles. The molecule has 1 saturated heterocycles. The lowest BCUT2D eigenvalue weighted by Gasteiger charge is -2.39. The van der Waals surface area contributed by atoms with Crippen molar-refractivity contribution in [2.24, 2.45) is 0 Å². The number of amides is 1. The molecule has 0 N–H and O–H groups in total. The average Bonchev–Trinajstić information content (AvgIpc) is 2.74. The first-order valence-electron chi connectivity index (χ1n) is 9.52. The Morgan fingerprint density at radius 3 is 2.89 bits per heavy atom. The molecule has 7 heteroatoms. The zero-order valence-corrected chi connectivity index (χ0v) is 16.0. The monoisotopic (exact) mass is 383 g/mol. The molecule has 1 aromatic heterocycles. The maximum atomic E-state index is 11.2. The van der Waals surface area contributed by atoms with Gasteiger partial charge in [-0.1, -0.05) is 24.3 Å². The maximum Gasteiger partial charge on any atom is 0.257 e. The Morgan fingerprint density at radius 2 is 2.11 bits per heavy atom. The van der Waals surface area contributed by atoms with Crippen molar-refractivity contribution in [1.29, 1.82) is 0 Å². The Morgan fingerprint density at radius 1 is 1.25 bits per heavy atom. The number of fused-ring (bicyclic) bond motifs is 1. The van der Waals surface area contributed by atoms with E-state index in [4.69, 9.17) is 14.2 Å². The summed E-state index contributed by atoms with van der Waals surface area (Å²) in [7, 11) is 1.67. The Kier molecular flexibility index (Phi) is 5.73. The van der Waals surface area contributed by atoms with Gasteiger partial charge in [-0.15, -0.1) is 0 Å². The molecule has 2 atom stereocenters. The summed E-state index contributed by atoms with van der Waals surface area (Å²) in [4.78, 5) is 19.6. The molecule has 4 rings (SSSR count). The van der Waals surface area contributed by atoms with Crippen LogP contribution in [0.1, 0.15) is 17.2 Å². The normalized spacial score (nSPS) is 22.1. The number of pyridine rings is 1. The summed E-state index contributed by atoms with van der Waals surface area (Å²) in [6.07, 6.45) is 2.47. The van der Waals surface area contributed by atoms with Crippen molar-refractivity contribution in [3.05, 3.63) is 53.7 Å². The van der Waals surface area contributed by atoms with Gasteiger partial charge in [-0.2, -0.15) is 0 Å². The molecule has 0 radical (unpaired) electrons. The summed E-state index contributed by atoms with van der Waals surface area (Å²) in [6, 6.07) is 12.2. The molecule has 7 nitrogen and oxygen atoms in total. The van der Waals surface area contributed by atoms with E-state index >= 15 is 0 Å². The molecule has 2 aliphatic heterocycles. The molecule has 1 aromatic carbocycles. The van der Waals surface area contributed by atoms with E-state index in [0.29, 0.717) is 24.8 Å². The van der Waals surface area contributed by atoms with Crippen LogP contribution in [-0.2, 0) is 16.1 Å². The average molecular weight is 383 g/mol. The highest BCUT2D eigenvalue weighted by atomic mass is 16.6. The number of benzene rings is 1. The first-order chi connectivity index (χ1) is 13.8. The predicted molar refractivity (Wildman–Crippen MR) is 103 cm³/mol. The number of hydrogen-bond acceptors (Lipinski definition) is 6. The first kappa shape index (κ1) is 18.7. The molecular weight excluding hydrogens is 358 g/mol. The molecule has 3 heterocycles. The Labute approximate surface area is 164 Å². The van der Waals surface area contributed by atoms with E-state index in [2.05, 4.69) is 34.1 Å². The summed E-state index contributed by atoms with van der Waals surface area (Å²) in [6.45, 7) is 4.29. The van der Waals surface area contributed by atoms with E-state index in [0.717, 1.165) is 38.2 Å². The van der Waals surface area contributed by atoms with Crippen molar-refractivity contribution in [1.82, 2.24) is 14.8 Å². The van der Waals surface area contributed by atoms with Gasteiger partial charge in [-0.05, 0) is 23.3 Å². The topological polar surface area (TPSA) is 64.1 Å². The van der Waals surface area contributed by atoms with Gasteiger partial charge in [0.05, 0.1) is 12.6 Å². The van der Waals surface area contributed by atoms with Crippen LogP contribution >= 0.6 is 0 Å². The van der Waals surface area contributed by atoms with Crippen LogP contribution in [0.3, 0.4) is 0 Å². The van der Waals surface area contributed by atoms with Crippen molar-refractivity contribution in [3.8, 4) is 11.6 Å². The molecule has 2 aromatic rings. The highest BCUT2D eigenvalue weighted by Gasteiger charge is 2.26. The number of nitrogens with zero attached hydrogens (tertiary/aromatic N) is 3. The van der Waals surface area contributed by atoms with E-state index in [-0.39, 0.29) is 12.1 Å². The van der Waals surface area contributed by atoms with Gasteiger partial charge in [-0.25, -0.2) is 4.98 Å². The smallest absolute Gasteiger partial charge is 0.257 e. The number of rotatable bonds is 6. The molecule has 1 fully saturated rings. The van der Waals surface area contributed by atoms with E-state index in [1.54, 1.807) is 13.3 Å². The van der Waals surface area contributed by atoms with Gasteiger partial charge in [-0.3, -0.25) is 9.69 Å². The van der Waals surface area contributed by atoms with Gasteiger partial charge >= 0.3 is 0 Å². The number of carbonyl (C=O) groups excluding carboxylic acids is 1. The first-order valence-corrected chi connectivity index (χ1v) is 9.52. The van der Waals surface area contributed by atoms with Crippen molar-refractivity contribution < 1.29 is 19.0 Å². The third-order valence-corrected chi connectivity index (χ3v) is 5.24. The van der Waals surface area contributed by atoms with Crippen LogP contribution in [0.2, 0.25) is 0 Å². The van der Waals surface area contributed by atoms with Crippen molar-refractivity contribution >= 4 is 6.41 Å². The van der Waals surface area contributed by atoms with E-state index < -0.39 is 0 Å². The van der Waals surface area contributed by atoms with Crippen LogP contribution in [0.5, 0.6) is 11.6 Å². The molecule has 148 valence electrons. The van der Waals surface area contributed by atoms with Gasteiger partial charge in [0.1, 0.15) is 6.61 Å². The minimum Gasteiger partial charge on any atom is -0.484 e. The third-order valence-electron chi connectivity index (χ3n) is 5.24. The highest BCUT2D eigenvalue weighted by Crippen LogP contribution is 2.33. The van der Waals surface area contributed by atoms with Crippen LogP contribution in [0.4, 0.5) is 0 Å². The lowest BCUT2D eigenvalue weighted by molar-refractivity contribution is -0.124. The van der Waals surface area contributed by atoms with Crippen molar-refractivity contribution in [2.75, 3.05) is 40.0 Å². The predicted octanol–water partition coefficient (Wildman–Crippen LogP) is 1.88. The number of carbonyl (C=O) groups is 1. The number of aromatic nitrogens is 1. The maximum absolute atomic E-state index is 11.2. The molecule has 2 aliphatic rings. The minimum atomic E-state index is -0.154. The van der Waals surface area contributed by atoms with E-state index in [1.807, 2.05) is 17.0 Å². The molecule has 1 unspecified atom stereocenters. The number of piperazine rings is 1. The standard InChI is InChI=1S/C21H25N3O4/c1-26-13-18-12-23(9-10-24(18)15-25)11-16-4-6-17(7-5-16)20-14-27-19-3-2-8-22-21(19)28-20/h2-8,15,18,20H,9-14H2,1H3/t18-,20?/m1/s1. The van der Waals surface area contributed by atoms with Crippen LogP contribution in [0, 0.1) is 0 Å². The summed E-state index contributed by atoms with van der Waals surface area (Å²) in [5.74, 6) is 1.23. The zero-order valence-electron chi connectivity index (χ0n) is 16.0. The quantitative estimate of drug-likeness (QED) is 0.710. The summed E-state index contributed by atoms with van der Waals surface area (Å²) < 4.78 is 17.0. The SMILES string of the molecule is COC[C@H]1CN(Cc2ccc(C3COc4cccnc4O3)cc2)CCN1C=O. The molecule has 1 amide bonds. The fourth-order valence-corrected chi connectivity index (χ4v) is 3.73. The molecule has 0 spiro atoms. The number of ether oxygens (including phenoxy) is 3. The van der Waals surface area contributed by atoms with Crippen molar-refractivity contribution in [2.45, 2.75) is 18.7 Å². The summed E-state index contributed by atoms with van der Waals surface area (Å²) >= 11 is 0. The fourth-order valence-electron chi connectivity index (χ4n) is 3.73. The van der Waals surface area contributed by atoms with Crippen LogP contribution in [0.15, 0.2) is 42.6 Å². The van der Waals surface area contributed by atoms with Gasteiger partial charge < -0.3 is 19.1 Å². The molecule has 0 saturated carbocycles. The third kappa shape index (κ3) is 4.10. The summed E-state index contributed by atoms with van der Waals surface area (Å²) in [5.41, 5.74) is 2.30. The van der Waals surface area contributed by atoms with Gasteiger partial charge in [0.15, 0.2) is 11.9 Å². The van der Waals surface area contributed by atoms with Crippen LogP contribution in [-0.4, -0.2) is 67.2 Å². The fraction of sp³-hybridized carbons (Fsp3) is 0.429. The Balaban J connectivity index is 1.37. The highest BCUT2D eigenvalue weighted by molar-refractivity contribution is 5.48. The molecule has 28 heavy (non-hydrogen) atoms. The Bertz CT molecular complexity index is 798. The van der Waals surface area contributed by atoms with E-state index in [9.17, 15) is 4.79 Å². The van der Waals surface area contributed by atoms with Crippen molar-refractivity contribution in [3.63, 3.8) is 0 Å². The van der Waals surface area contributed by atoms with Gasteiger partial charge in [0.2, 0.25) is 6.41 Å². The van der Waals surface area contributed by atoms with Crippen LogP contribution < -0.4 is 9.47 Å². The molecular formula is C21H25N3O4. The van der Waals surface area contributed by atoms with Gasteiger partial charge in [0, 0.05) is 39.5 Å². The second kappa shape index (κ2) is 8.58. The summed E-state index contributed by atoms with van der Waals surface area (Å²) in [5, 5.41) is 0. The second-order valence-electron chi connectivity index (χ2n) is 7.15. The lowest BCUT2D eigenvalue weighted by Crippen LogP contribution is -2.53. The largest absolute Gasteiger partial charge is 0.484 e. The second-order valence-corrected chi connectivity index (χ2v) is 7.15. The zero-order chi connectivity index (χ0) is 19.3. The van der Waals surface area contributed by atoms with Crippen LogP contribution in [0.25, 0.3) is 0 Å².